The highest BCUT2D eigenvalue weighted by atomic mass is 16.5. The van der Waals surface area contributed by atoms with E-state index in [-0.39, 0.29) is 0 Å². The Morgan fingerprint density at radius 3 is 2.89 bits per heavy atom. The lowest BCUT2D eigenvalue weighted by atomic mass is 10.2. The maximum absolute atomic E-state index is 5.76. The van der Waals surface area contributed by atoms with Crippen molar-refractivity contribution >= 4 is 22.9 Å². The number of anilines is 1. The van der Waals surface area contributed by atoms with E-state index in [4.69, 9.17) is 10.5 Å². The van der Waals surface area contributed by atoms with E-state index < -0.39 is 5.66 Å². The summed E-state index contributed by atoms with van der Waals surface area (Å²) in [5.41, 5.74) is 7.15. The number of nitrogens with zero attached hydrogens (tertiary/aromatic N) is 3. The average molecular weight is 245 g/mol. The molecule has 6 nitrogen and oxygen atoms in total. The first kappa shape index (κ1) is 10.9. The Balaban J connectivity index is 2.31. The first-order valence-electron chi connectivity index (χ1n) is 5.70. The van der Waals surface area contributed by atoms with Gasteiger partial charge in [0, 0.05) is 6.07 Å². The molecule has 94 valence electrons. The number of benzene rings is 1. The number of fused-ring (bicyclic) bond motifs is 3. The van der Waals surface area contributed by atoms with Crippen molar-refractivity contribution in [3.63, 3.8) is 0 Å². The fourth-order valence-electron chi connectivity index (χ4n) is 2.31. The number of hydrogen-bond acceptors (Lipinski definition) is 5. The van der Waals surface area contributed by atoms with Crippen molar-refractivity contribution in [3.8, 4) is 5.75 Å². The predicted molar refractivity (Wildman–Crippen MR) is 70.9 cm³/mol. The summed E-state index contributed by atoms with van der Waals surface area (Å²) in [6.07, 6.45) is 0. The third-order valence-corrected chi connectivity index (χ3v) is 3.04. The zero-order valence-electron chi connectivity index (χ0n) is 10.6. The smallest absolute Gasteiger partial charge is 0.212 e. The first-order valence-corrected chi connectivity index (χ1v) is 5.70. The Morgan fingerprint density at radius 1 is 1.39 bits per heavy atom. The zero-order chi connectivity index (χ0) is 12.9. The Hall–Kier alpha value is -2.24. The van der Waals surface area contributed by atoms with Gasteiger partial charge in [0.25, 0.3) is 0 Å². The summed E-state index contributed by atoms with van der Waals surface area (Å²) in [5.74, 6) is 1.88. The summed E-state index contributed by atoms with van der Waals surface area (Å²) >= 11 is 0. The molecule has 0 saturated heterocycles. The Morgan fingerprint density at radius 2 is 2.17 bits per heavy atom. The molecule has 1 aliphatic rings. The molecular formula is C12H15N5O. The first-order chi connectivity index (χ1) is 8.51. The zero-order valence-corrected chi connectivity index (χ0v) is 10.6. The van der Waals surface area contributed by atoms with Gasteiger partial charge < -0.3 is 10.5 Å². The quantitative estimate of drug-likeness (QED) is 0.797. The van der Waals surface area contributed by atoms with Crippen LogP contribution in [0.4, 0.5) is 5.95 Å². The van der Waals surface area contributed by atoms with Crippen molar-refractivity contribution in [1.29, 1.82) is 0 Å². The van der Waals surface area contributed by atoms with Crippen LogP contribution in [0.15, 0.2) is 23.2 Å². The molecule has 0 bridgehead atoms. The monoisotopic (exact) mass is 245 g/mol. The van der Waals surface area contributed by atoms with Gasteiger partial charge in [-0.25, -0.2) is 9.98 Å². The second-order valence-corrected chi connectivity index (χ2v) is 4.74. The number of nitrogens with two attached hydrogens (primary N) is 1. The number of guanidine groups is 1. The van der Waals surface area contributed by atoms with Gasteiger partial charge in [0.1, 0.15) is 11.4 Å². The second-order valence-electron chi connectivity index (χ2n) is 4.74. The Kier molecular flexibility index (Phi) is 2.04. The number of imidazole rings is 1. The summed E-state index contributed by atoms with van der Waals surface area (Å²) in [6, 6.07) is 5.76. The van der Waals surface area contributed by atoms with Gasteiger partial charge in [-0.3, -0.25) is 9.88 Å². The lowest BCUT2D eigenvalue weighted by molar-refractivity contribution is 0.383. The molecular weight excluding hydrogens is 230 g/mol. The molecule has 2 aromatic rings. The highest BCUT2D eigenvalue weighted by Gasteiger charge is 2.29. The number of hydrogen-bond donors (Lipinski definition) is 2. The van der Waals surface area contributed by atoms with Gasteiger partial charge in [0.2, 0.25) is 5.95 Å². The van der Waals surface area contributed by atoms with Crippen molar-refractivity contribution in [2.75, 3.05) is 12.4 Å². The summed E-state index contributed by atoms with van der Waals surface area (Å²) < 4.78 is 7.27. The topological polar surface area (TPSA) is 77.5 Å². The van der Waals surface area contributed by atoms with E-state index in [1.807, 2.05) is 36.6 Å². The van der Waals surface area contributed by atoms with Crippen molar-refractivity contribution < 1.29 is 4.74 Å². The minimum atomic E-state index is -0.466. The van der Waals surface area contributed by atoms with Crippen molar-refractivity contribution in [1.82, 2.24) is 9.55 Å². The molecule has 1 aliphatic heterocycles. The minimum Gasteiger partial charge on any atom is -0.497 e. The fourth-order valence-corrected chi connectivity index (χ4v) is 2.31. The summed E-state index contributed by atoms with van der Waals surface area (Å²) in [5, 5.41) is 2.98. The maximum Gasteiger partial charge on any atom is 0.212 e. The number of methoxy groups -OCH3 is 1. The number of aliphatic imine (C=N–C) groups is 1. The third kappa shape index (κ3) is 1.42. The van der Waals surface area contributed by atoms with Gasteiger partial charge in [0.05, 0.1) is 18.1 Å². The standard InChI is InChI=1S/C12H15N5O/c1-12(2)16-10(13)15-11-14-8-5-4-7(18-3)6-9(8)17(11)12/h4-6H,1-3H3,(H3,13,14,15,16). The number of rotatable bonds is 1. The summed E-state index contributed by atoms with van der Waals surface area (Å²) in [6.45, 7) is 3.98. The van der Waals surface area contributed by atoms with Crippen LogP contribution in [-0.4, -0.2) is 22.6 Å². The molecule has 0 atom stereocenters. The highest BCUT2D eigenvalue weighted by Crippen LogP contribution is 2.33. The highest BCUT2D eigenvalue weighted by molar-refractivity contribution is 5.94. The van der Waals surface area contributed by atoms with Gasteiger partial charge >= 0.3 is 0 Å². The number of aromatic nitrogens is 2. The summed E-state index contributed by atoms with van der Waals surface area (Å²) in [4.78, 5) is 8.91. The lowest BCUT2D eigenvalue weighted by Gasteiger charge is -2.29. The van der Waals surface area contributed by atoms with Gasteiger partial charge in [-0.1, -0.05) is 0 Å². The number of nitrogens with one attached hydrogen (secondary N) is 1. The molecule has 0 unspecified atom stereocenters. The van der Waals surface area contributed by atoms with Crippen LogP contribution in [0, 0.1) is 0 Å². The Bertz CT molecular complexity index is 656. The Labute approximate surface area is 104 Å². The van der Waals surface area contributed by atoms with Gasteiger partial charge in [-0.05, 0) is 26.0 Å². The second kappa shape index (κ2) is 3.38. The molecule has 6 heteroatoms. The van der Waals surface area contributed by atoms with Gasteiger partial charge in [-0.15, -0.1) is 0 Å². The number of ether oxygens (including phenoxy) is 1. The van der Waals surface area contributed by atoms with E-state index >= 15 is 0 Å². The molecule has 1 aromatic carbocycles. The van der Waals surface area contributed by atoms with Crippen LogP contribution >= 0.6 is 0 Å². The van der Waals surface area contributed by atoms with Gasteiger partial charge in [-0.2, -0.15) is 0 Å². The van der Waals surface area contributed by atoms with Crippen molar-refractivity contribution in [3.05, 3.63) is 18.2 Å². The van der Waals surface area contributed by atoms with Crippen LogP contribution in [0.3, 0.4) is 0 Å². The van der Waals surface area contributed by atoms with Crippen LogP contribution < -0.4 is 15.8 Å². The molecule has 3 rings (SSSR count). The molecule has 1 aromatic heterocycles. The minimum absolute atomic E-state index is 0.384. The van der Waals surface area contributed by atoms with E-state index in [9.17, 15) is 0 Å². The largest absolute Gasteiger partial charge is 0.497 e. The van der Waals surface area contributed by atoms with E-state index in [1.54, 1.807) is 7.11 Å². The molecule has 2 heterocycles. The van der Waals surface area contributed by atoms with Crippen molar-refractivity contribution in [2.45, 2.75) is 19.5 Å². The SMILES string of the molecule is COc1ccc2nc3n(c2c1)C(C)(C)N=C(N)N3. The normalized spacial score (nSPS) is 16.9. The predicted octanol–water partition coefficient (Wildman–Crippen LogP) is 1.48. The van der Waals surface area contributed by atoms with Crippen LogP contribution in [0.1, 0.15) is 13.8 Å². The maximum atomic E-state index is 5.76. The van der Waals surface area contributed by atoms with Crippen LogP contribution in [0.2, 0.25) is 0 Å². The van der Waals surface area contributed by atoms with Crippen molar-refractivity contribution in [2.24, 2.45) is 10.7 Å². The van der Waals surface area contributed by atoms with Crippen LogP contribution in [0.25, 0.3) is 11.0 Å². The molecule has 3 N–H and O–H groups in total. The molecule has 0 saturated carbocycles. The molecule has 0 radical (unpaired) electrons. The third-order valence-electron chi connectivity index (χ3n) is 3.04. The lowest BCUT2D eigenvalue weighted by Crippen LogP contribution is -2.38. The molecule has 0 spiro atoms. The van der Waals surface area contributed by atoms with Gasteiger partial charge in [0.15, 0.2) is 5.96 Å². The molecule has 0 fully saturated rings. The molecule has 18 heavy (non-hydrogen) atoms. The van der Waals surface area contributed by atoms with E-state index in [0.29, 0.717) is 11.9 Å². The van der Waals surface area contributed by atoms with E-state index in [0.717, 1.165) is 16.8 Å². The van der Waals surface area contributed by atoms with Crippen LogP contribution in [-0.2, 0) is 5.66 Å². The van der Waals surface area contributed by atoms with Crippen LogP contribution in [0.5, 0.6) is 5.75 Å². The van der Waals surface area contributed by atoms with E-state index in [2.05, 4.69) is 15.3 Å². The molecule has 0 amide bonds. The fraction of sp³-hybridized carbons (Fsp3) is 0.333. The molecule has 0 aliphatic carbocycles. The average Bonchev–Trinajstić information content (AvgIpc) is 2.64. The summed E-state index contributed by atoms with van der Waals surface area (Å²) in [7, 11) is 1.65. The van der Waals surface area contributed by atoms with E-state index in [1.165, 1.54) is 0 Å².